The van der Waals surface area contributed by atoms with Gasteiger partial charge in [0.05, 0.1) is 5.56 Å². The molecule has 0 saturated heterocycles. The van der Waals surface area contributed by atoms with Gasteiger partial charge < -0.3 is 0 Å². The van der Waals surface area contributed by atoms with E-state index in [1.165, 1.54) is 55.7 Å². The first-order valence-electron chi connectivity index (χ1n) is 10.4. The SMILES string of the molecule is C=CC1CCC2CC(c3cc(F)c(C#Cc4ccc(F)cc4)c(F)c3)CCC2C1. The second-order valence-corrected chi connectivity index (χ2v) is 8.46. The minimum absolute atomic E-state index is 0.208. The Morgan fingerprint density at radius 3 is 2.17 bits per heavy atom. The highest BCUT2D eigenvalue weighted by Crippen LogP contribution is 2.48. The maximum absolute atomic E-state index is 14.6. The van der Waals surface area contributed by atoms with Crippen molar-refractivity contribution in [1.29, 1.82) is 0 Å². The molecular formula is C26H25F3. The highest BCUT2D eigenvalue weighted by molar-refractivity contribution is 5.45. The van der Waals surface area contributed by atoms with E-state index in [0.29, 0.717) is 17.4 Å². The Morgan fingerprint density at radius 2 is 1.48 bits per heavy atom. The van der Waals surface area contributed by atoms with Crippen LogP contribution in [0, 0.1) is 47.0 Å². The molecule has 0 amide bonds. The fraction of sp³-hybridized carbons (Fsp3) is 0.385. The van der Waals surface area contributed by atoms with Crippen LogP contribution < -0.4 is 0 Å². The predicted molar refractivity (Wildman–Crippen MR) is 110 cm³/mol. The van der Waals surface area contributed by atoms with Crippen LogP contribution in [0.3, 0.4) is 0 Å². The molecule has 2 fully saturated rings. The minimum atomic E-state index is -0.618. The van der Waals surface area contributed by atoms with Gasteiger partial charge in [0, 0.05) is 5.56 Å². The smallest absolute Gasteiger partial charge is 0.142 e. The molecule has 0 aromatic heterocycles. The Labute approximate surface area is 170 Å². The topological polar surface area (TPSA) is 0 Å². The molecule has 150 valence electrons. The second-order valence-electron chi connectivity index (χ2n) is 8.46. The molecule has 4 atom stereocenters. The van der Waals surface area contributed by atoms with E-state index in [1.54, 1.807) is 0 Å². The Bertz CT molecular complexity index is 925. The van der Waals surface area contributed by atoms with Crippen LogP contribution in [0.5, 0.6) is 0 Å². The number of fused-ring (bicyclic) bond motifs is 1. The Kier molecular flexibility index (Phi) is 5.81. The van der Waals surface area contributed by atoms with E-state index < -0.39 is 11.6 Å². The van der Waals surface area contributed by atoms with Crippen molar-refractivity contribution in [3.63, 3.8) is 0 Å². The Morgan fingerprint density at radius 1 is 0.828 bits per heavy atom. The molecule has 4 rings (SSSR count). The van der Waals surface area contributed by atoms with Gasteiger partial charge in [-0.15, -0.1) is 6.58 Å². The van der Waals surface area contributed by atoms with Crippen LogP contribution in [0.15, 0.2) is 49.1 Å². The molecule has 2 aliphatic rings. The quantitative estimate of drug-likeness (QED) is 0.380. The third-order valence-corrected chi connectivity index (χ3v) is 6.70. The molecule has 29 heavy (non-hydrogen) atoms. The lowest BCUT2D eigenvalue weighted by Crippen LogP contribution is -2.30. The molecule has 0 bridgehead atoms. The zero-order valence-corrected chi connectivity index (χ0v) is 16.4. The largest absolute Gasteiger partial charge is 0.207 e. The van der Waals surface area contributed by atoms with Gasteiger partial charge in [-0.1, -0.05) is 17.9 Å². The number of benzene rings is 2. The zero-order chi connectivity index (χ0) is 20.4. The summed E-state index contributed by atoms with van der Waals surface area (Å²) in [6.45, 7) is 3.94. The van der Waals surface area contributed by atoms with Gasteiger partial charge in [-0.3, -0.25) is 0 Å². The van der Waals surface area contributed by atoms with Crippen molar-refractivity contribution in [2.75, 3.05) is 0 Å². The van der Waals surface area contributed by atoms with Crippen LogP contribution in [0.4, 0.5) is 13.2 Å². The summed E-state index contributed by atoms with van der Waals surface area (Å²) in [6.07, 6.45) is 8.76. The third kappa shape index (κ3) is 4.42. The standard InChI is InChI=1S/C26H25F3/c1-2-17-3-7-20-14-21(9-8-19(20)13-17)22-15-25(28)24(26(29)16-22)12-6-18-4-10-23(27)11-5-18/h2,4-5,10-11,15-17,19-21H,1,3,7-9,13-14H2. The van der Waals surface area contributed by atoms with E-state index in [9.17, 15) is 13.2 Å². The minimum Gasteiger partial charge on any atom is -0.207 e. The summed E-state index contributed by atoms with van der Waals surface area (Å²) in [5.74, 6) is 5.88. The molecule has 0 nitrogen and oxygen atoms in total. The van der Waals surface area contributed by atoms with E-state index >= 15 is 0 Å². The third-order valence-electron chi connectivity index (χ3n) is 6.70. The Balaban J connectivity index is 1.50. The van der Waals surface area contributed by atoms with Crippen molar-refractivity contribution in [3.05, 3.63) is 83.2 Å². The van der Waals surface area contributed by atoms with Gasteiger partial charge in [0.25, 0.3) is 0 Å². The first kappa shape index (κ1) is 19.8. The van der Waals surface area contributed by atoms with E-state index in [-0.39, 0.29) is 17.3 Å². The van der Waals surface area contributed by atoms with Crippen LogP contribution in [-0.4, -0.2) is 0 Å². The van der Waals surface area contributed by atoms with Gasteiger partial charge in [0.2, 0.25) is 0 Å². The molecule has 0 heterocycles. The second kappa shape index (κ2) is 8.49. The molecule has 0 aliphatic heterocycles. The monoisotopic (exact) mass is 394 g/mol. The lowest BCUT2D eigenvalue weighted by molar-refractivity contribution is 0.133. The van der Waals surface area contributed by atoms with Crippen LogP contribution in [0.2, 0.25) is 0 Å². The molecule has 3 heteroatoms. The van der Waals surface area contributed by atoms with E-state index in [1.807, 2.05) is 0 Å². The first-order valence-corrected chi connectivity index (χ1v) is 10.4. The van der Waals surface area contributed by atoms with Gasteiger partial charge in [-0.25, -0.2) is 13.2 Å². The predicted octanol–water partition coefficient (Wildman–Crippen LogP) is 6.99. The summed E-state index contributed by atoms with van der Waals surface area (Å²) in [5.41, 5.74) is 1.04. The molecule has 4 unspecified atom stereocenters. The van der Waals surface area contributed by atoms with Gasteiger partial charge in [0.15, 0.2) is 0 Å². The number of rotatable bonds is 2. The van der Waals surface area contributed by atoms with Crippen LogP contribution >= 0.6 is 0 Å². The van der Waals surface area contributed by atoms with Gasteiger partial charge in [-0.05, 0) is 104 Å². The highest BCUT2D eigenvalue weighted by Gasteiger charge is 2.35. The molecular weight excluding hydrogens is 369 g/mol. The van der Waals surface area contributed by atoms with Crippen LogP contribution in [0.1, 0.15) is 61.1 Å². The van der Waals surface area contributed by atoms with Gasteiger partial charge in [-0.2, -0.15) is 0 Å². The summed E-state index contributed by atoms with van der Waals surface area (Å²) < 4.78 is 42.3. The van der Waals surface area contributed by atoms with Crippen molar-refractivity contribution in [2.45, 2.75) is 44.4 Å². The molecule has 0 N–H and O–H groups in total. The molecule has 2 aromatic rings. The first-order chi connectivity index (χ1) is 14.0. The average Bonchev–Trinajstić information content (AvgIpc) is 2.73. The normalized spacial score (nSPS) is 26.2. The van der Waals surface area contributed by atoms with E-state index in [4.69, 9.17) is 0 Å². The van der Waals surface area contributed by atoms with Crippen molar-refractivity contribution < 1.29 is 13.2 Å². The zero-order valence-electron chi connectivity index (χ0n) is 16.4. The Hall–Kier alpha value is -2.47. The summed E-state index contributed by atoms with van der Waals surface area (Å²) in [5, 5.41) is 0. The van der Waals surface area contributed by atoms with Crippen molar-refractivity contribution in [1.82, 2.24) is 0 Å². The summed E-state index contributed by atoms with van der Waals surface area (Å²) >= 11 is 0. The number of hydrogen-bond donors (Lipinski definition) is 0. The molecule has 0 spiro atoms. The molecule has 2 aromatic carbocycles. The fourth-order valence-corrected chi connectivity index (χ4v) is 5.06. The average molecular weight is 394 g/mol. The van der Waals surface area contributed by atoms with Crippen LogP contribution in [0.25, 0.3) is 0 Å². The molecule has 0 radical (unpaired) electrons. The lowest BCUT2D eigenvalue weighted by atomic mass is 9.64. The van der Waals surface area contributed by atoms with Crippen molar-refractivity contribution in [2.24, 2.45) is 17.8 Å². The van der Waals surface area contributed by atoms with E-state index in [2.05, 4.69) is 24.5 Å². The number of hydrogen-bond acceptors (Lipinski definition) is 0. The van der Waals surface area contributed by atoms with Gasteiger partial charge in [0.1, 0.15) is 17.5 Å². The van der Waals surface area contributed by atoms with Crippen molar-refractivity contribution in [3.8, 4) is 11.8 Å². The van der Waals surface area contributed by atoms with Crippen molar-refractivity contribution >= 4 is 0 Å². The fourth-order valence-electron chi connectivity index (χ4n) is 5.06. The maximum atomic E-state index is 14.6. The maximum Gasteiger partial charge on any atom is 0.142 e. The van der Waals surface area contributed by atoms with Crippen LogP contribution in [-0.2, 0) is 0 Å². The summed E-state index contributed by atoms with van der Waals surface area (Å²) in [6, 6.07) is 8.45. The molecule has 2 aliphatic carbocycles. The summed E-state index contributed by atoms with van der Waals surface area (Å²) in [4.78, 5) is 0. The molecule has 2 saturated carbocycles. The number of halogens is 3. The van der Waals surface area contributed by atoms with E-state index in [0.717, 1.165) is 30.7 Å². The van der Waals surface area contributed by atoms with Gasteiger partial charge >= 0.3 is 0 Å². The number of allylic oxidation sites excluding steroid dienone is 1. The lowest BCUT2D eigenvalue weighted by Gasteiger charge is -2.41. The highest BCUT2D eigenvalue weighted by atomic mass is 19.1. The summed E-state index contributed by atoms with van der Waals surface area (Å²) in [7, 11) is 0.